The molecule has 0 spiro atoms. The normalized spacial score (nSPS) is 12.3. The van der Waals surface area contributed by atoms with E-state index in [4.69, 9.17) is 10.5 Å². The van der Waals surface area contributed by atoms with E-state index in [0.717, 1.165) is 27.6 Å². The summed E-state index contributed by atoms with van der Waals surface area (Å²) in [5.74, 6) is -0.537. The maximum atomic E-state index is 12.8. The molecule has 1 atom stereocenters. The third-order valence-corrected chi connectivity index (χ3v) is 4.40. The van der Waals surface area contributed by atoms with Crippen LogP contribution in [0.1, 0.15) is 30.9 Å². The van der Waals surface area contributed by atoms with Crippen molar-refractivity contribution in [3.05, 3.63) is 72.1 Å². The van der Waals surface area contributed by atoms with Gasteiger partial charge in [-0.2, -0.15) is 0 Å². The number of carbonyl (C=O) groups is 1. The summed E-state index contributed by atoms with van der Waals surface area (Å²) in [6.07, 6.45) is 3.70. The molecule has 140 valence electrons. The Morgan fingerprint density at radius 2 is 2.00 bits per heavy atom. The molecule has 0 aliphatic rings. The third kappa shape index (κ3) is 4.90. The third-order valence-electron chi connectivity index (χ3n) is 4.40. The van der Waals surface area contributed by atoms with E-state index in [1.165, 1.54) is 0 Å². The Kier molecular flexibility index (Phi) is 6.16. The van der Waals surface area contributed by atoms with Crippen molar-refractivity contribution in [2.75, 3.05) is 11.9 Å². The van der Waals surface area contributed by atoms with E-state index in [1.807, 2.05) is 62.4 Å². The van der Waals surface area contributed by atoms with Gasteiger partial charge in [-0.15, -0.1) is 0 Å². The molecule has 2 aromatic carbocycles. The molecule has 0 bridgehead atoms. The van der Waals surface area contributed by atoms with Crippen LogP contribution in [-0.4, -0.2) is 23.5 Å². The van der Waals surface area contributed by atoms with Crippen LogP contribution in [0.25, 0.3) is 10.8 Å². The van der Waals surface area contributed by atoms with Gasteiger partial charge in [-0.3, -0.25) is 9.78 Å². The highest BCUT2D eigenvalue weighted by molar-refractivity contribution is 5.98. The molecule has 0 unspecified atom stereocenters. The number of aromatic nitrogens is 1. The molecule has 3 N–H and O–H groups in total. The van der Waals surface area contributed by atoms with Crippen LogP contribution in [0.2, 0.25) is 0 Å². The minimum absolute atomic E-state index is 0.118. The summed E-state index contributed by atoms with van der Waals surface area (Å²) >= 11 is 0. The zero-order chi connectivity index (χ0) is 19.2. The van der Waals surface area contributed by atoms with E-state index in [2.05, 4.69) is 10.3 Å². The summed E-state index contributed by atoms with van der Waals surface area (Å²) in [4.78, 5) is 16.9. The molecule has 0 aliphatic heterocycles. The lowest BCUT2D eigenvalue weighted by atomic mass is 9.96. The first-order chi connectivity index (χ1) is 13.1. The highest BCUT2D eigenvalue weighted by Gasteiger charge is 2.19. The largest absolute Gasteiger partial charge is 0.374 e. The first-order valence-corrected chi connectivity index (χ1v) is 9.12. The molecule has 0 saturated heterocycles. The lowest BCUT2D eigenvalue weighted by Gasteiger charge is -2.17. The molecule has 0 aliphatic carbocycles. The van der Waals surface area contributed by atoms with Crippen molar-refractivity contribution in [2.45, 2.75) is 32.5 Å². The molecule has 3 aromatic rings. The molecule has 27 heavy (non-hydrogen) atoms. The number of nitrogens with one attached hydrogen (secondary N) is 1. The van der Waals surface area contributed by atoms with Crippen LogP contribution in [0.5, 0.6) is 0 Å². The Labute approximate surface area is 159 Å². The first kappa shape index (κ1) is 19.0. The summed E-state index contributed by atoms with van der Waals surface area (Å²) in [5, 5.41) is 5.04. The minimum atomic E-state index is -0.419. The van der Waals surface area contributed by atoms with E-state index < -0.39 is 5.92 Å². The number of rotatable bonds is 7. The van der Waals surface area contributed by atoms with E-state index in [-0.39, 0.29) is 18.6 Å². The van der Waals surface area contributed by atoms with Gasteiger partial charge in [-0.05, 0) is 48.6 Å². The van der Waals surface area contributed by atoms with Crippen molar-refractivity contribution in [3.8, 4) is 0 Å². The fraction of sp³-hybridized carbons (Fsp3) is 0.273. The monoisotopic (exact) mass is 363 g/mol. The van der Waals surface area contributed by atoms with Gasteiger partial charge in [0.15, 0.2) is 0 Å². The lowest BCUT2D eigenvalue weighted by Crippen LogP contribution is -2.27. The second-order valence-electron chi connectivity index (χ2n) is 6.82. The van der Waals surface area contributed by atoms with Crippen LogP contribution < -0.4 is 11.1 Å². The first-order valence-electron chi connectivity index (χ1n) is 9.12. The minimum Gasteiger partial charge on any atom is -0.374 e. The number of nitrogens with two attached hydrogens (primary N) is 1. The van der Waals surface area contributed by atoms with Gasteiger partial charge < -0.3 is 15.8 Å². The average molecular weight is 363 g/mol. The SMILES string of the molecule is CC(C)OCc1cccc([C@@H](CN)C(=O)Nc2ccc3cnccc3c2)c1. The molecule has 1 aromatic heterocycles. The Morgan fingerprint density at radius 1 is 1.15 bits per heavy atom. The summed E-state index contributed by atoms with van der Waals surface area (Å²) in [6, 6.07) is 15.5. The standard InChI is InChI=1S/C22H25N3O2/c1-15(2)27-14-16-4-3-5-18(10-16)21(12-23)22(26)25-20-7-6-19-13-24-9-8-17(19)11-20/h3-11,13,15,21H,12,14,23H2,1-2H3,(H,25,26)/t21-/m1/s1. The van der Waals surface area contributed by atoms with Crippen LogP contribution in [0.4, 0.5) is 5.69 Å². The molecule has 0 saturated carbocycles. The fourth-order valence-electron chi connectivity index (χ4n) is 2.95. The zero-order valence-corrected chi connectivity index (χ0v) is 15.7. The van der Waals surface area contributed by atoms with E-state index in [0.29, 0.717) is 6.61 Å². The van der Waals surface area contributed by atoms with Crippen molar-refractivity contribution >= 4 is 22.4 Å². The predicted molar refractivity (Wildman–Crippen MR) is 109 cm³/mol. The molecule has 1 heterocycles. The van der Waals surface area contributed by atoms with Crippen LogP contribution in [-0.2, 0) is 16.1 Å². The maximum absolute atomic E-state index is 12.8. The molecule has 3 rings (SSSR count). The molecular weight excluding hydrogens is 338 g/mol. The molecular formula is C22H25N3O2. The Bertz CT molecular complexity index is 924. The topological polar surface area (TPSA) is 77.2 Å². The van der Waals surface area contributed by atoms with E-state index in [9.17, 15) is 4.79 Å². The van der Waals surface area contributed by atoms with E-state index in [1.54, 1.807) is 12.4 Å². The summed E-state index contributed by atoms with van der Waals surface area (Å²) < 4.78 is 5.66. The molecule has 1 amide bonds. The number of anilines is 1. The molecule has 5 heteroatoms. The van der Waals surface area contributed by atoms with Crippen LogP contribution in [0.3, 0.4) is 0 Å². The van der Waals surface area contributed by atoms with Crippen molar-refractivity contribution in [1.29, 1.82) is 0 Å². The van der Waals surface area contributed by atoms with Gasteiger partial charge >= 0.3 is 0 Å². The van der Waals surface area contributed by atoms with Gasteiger partial charge in [0.05, 0.1) is 18.6 Å². The number of carbonyl (C=O) groups excluding carboxylic acids is 1. The summed E-state index contributed by atoms with van der Waals surface area (Å²) in [7, 11) is 0. The van der Waals surface area contributed by atoms with Gasteiger partial charge in [-0.25, -0.2) is 0 Å². The molecule has 0 radical (unpaired) electrons. The van der Waals surface area contributed by atoms with E-state index >= 15 is 0 Å². The van der Waals surface area contributed by atoms with Crippen molar-refractivity contribution in [2.24, 2.45) is 5.73 Å². The second-order valence-corrected chi connectivity index (χ2v) is 6.82. The highest BCUT2D eigenvalue weighted by Crippen LogP contribution is 2.22. The second kappa shape index (κ2) is 8.75. The smallest absolute Gasteiger partial charge is 0.233 e. The van der Waals surface area contributed by atoms with Crippen LogP contribution >= 0.6 is 0 Å². The number of amides is 1. The number of pyridine rings is 1. The zero-order valence-electron chi connectivity index (χ0n) is 15.7. The number of hydrogen-bond acceptors (Lipinski definition) is 4. The van der Waals surface area contributed by atoms with Gasteiger partial charge in [-0.1, -0.05) is 30.3 Å². The lowest BCUT2D eigenvalue weighted by molar-refractivity contribution is -0.117. The number of fused-ring (bicyclic) bond motifs is 1. The Balaban J connectivity index is 1.76. The van der Waals surface area contributed by atoms with Crippen molar-refractivity contribution in [3.63, 3.8) is 0 Å². The van der Waals surface area contributed by atoms with Crippen molar-refractivity contribution < 1.29 is 9.53 Å². The predicted octanol–water partition coefficient (Wildman–Crippen LogP) is 3.84. The number of benzene rings is 2. The Morgan fingerprint density at radius 3 is 2.78 bits per heavy atom. The number of nitrogens with zero attached hydrogens (tertiary/aromatic N) is 1. The van der Waals surface area contributed by atoms with Gasteiger partial charge in [0, 0.05) is 30.0 Å². The average Bonchev–Trinajstić information content (AvgIpc) is 2.67. The fourth-order valence-corrected chi connectivity index (χ4v) is 2.95. The number of hydrogen-bond donors (Lipinski definition) is 2. The number of ether oxygens (including phenoxy) is 1. The van der Waals surface area contributed by atoms with Gasteiger partial charge in [0.1, 0.15) is 0 Å². The highest BCUT2D eigenvalue weighted by atomic mass is 16.5. The van der Waals surface area contributed by atoms with Crippen LogP contribution in [0, 0.1) is 0 Å². The molecule has 0 fully saturated rings. The summed E-state index contributed by atoms with van der Waals surface area (Å²) in [5.41, 5.74) is 8.59. The maximum Gasteiger partial charge on any atom is 0.233 e. The van der Waals surface area contributed by atoms with Gasteiger partial charge in [0.25, 0.3) is 0 Å². The van der Waals surface area contributed by atoms with Gasteiger partial charge in [0.2, 0.25) is 5.91 Å². The Hall–Kier alpha value is -2.76. The van der Waals surface area contributed by atoms with Crippen LogP contribution in [0.15, 0.2) is 60.9 Å². The quantitative estimate of drug-likeness (QED) is 0.669. The molecule has 5 nitrogen and oxygen atoms in total. The summed E-state index contributed by atoms with van der Waals surface area (Å²) in [6.45, 7) is 4.75. The van der Waals surface area contributed by atoms with Crippen molar-refractivity contribution in [1.82, 2.24) is 4.98 Å².